The summed E-state index contributed by atoms with van der Waals surface area (Å²) in [5.74, 6) is 0.450. The van der Waals surface area contributed by atoms with Crippen LogP contribution in [0, 0.1) is 5.92 Å². The second kappa shape index (κ2) is 6.32. The van der Waals surface area contributed by atoms with E-state index in [4.69, 9.17) is 9.84 Å². The van der Waals surface area contributed by atoms with Crippen molar-refractivity contribution >= 4 is 12.2 Å². The number of carbonyl (C=O) groups excluding carboxylic acids is 1. The number of carbonyl (C=O) groups is 2. The zero-order chi connectivity index (χ0) is 16.5. The summed E-state index contributed by atoms with van der Waals surface area (Å²) in [6.45, 7) is 11.9. The van der Waals surface area contributed by atoms with E-state index in [-0.39, 0.29) is 12.1 Å². The molecule has 7 nitrogen and oxygen atoms in total. The molecule has 2 aliphatic heterocycles. The fourth-order valence-electron chi connectivity index (χ4n) is 2.93. The summed E-state index contributed by atoms with van der Waals surface area (Å²) in [6, 6.07) is 0.223. The Morgan fingerprint density at radius 3 is 2.27 bits per heavy atom. The molecule has 2 fully saturated rings. The molecule has 0 spiro atoms. The predicted octanol–water partition coefficient (Wildman–Crippen LogP) is 1.54. The number of likely N-dealkylation sites (tertiary alicyclic amines) is 1. The molecule has 22 heavy (non-hydrogen) atoms. The SMILES string of the molecule is C[C@H]1CN(C(=O)O)CCN1CC1CN(C(=O)OC(C)(C)C)C1. The van der Waals surface area contributed by atoms with Crippen molar-refractivity contribution in [2.45, 2.75) is 39.3 Å². The smallest absolute Gasteiger partial charge is 0.410 e. The van der Waals surface area contributed by atoms with Crippen LogP contribution in [0.5, 0.6) is 0 Å². The maximum absolute atomic E-state index is 11.9. The molecule has 2 rings (SSSR count). The van der Waals surface area contributed by atoms with Gasteiger partial charge in [0.25, 0.3) is 0 Å². The first-order valence-corrected chi connectivity index (χ1v) is 7.85. The van der Waals surface area contributed by atoms with Gasteiger partial charge in [0, 0.05) is 51.2 Å². The predicted molar refractivity (Wildman–Crippen MR) is 81.9 cm³/mol. The Kier molecular flexibility index (Phi) is 4.84. The first kappa shape index (κ1) is 16.9. The summed E-state index contributed by atoms with van der Waals surface area (Å²) >= 11 is 0. The topological polar surface area (TPSA) is 73.3 Å². The van der Waals surface area contributed by atoms with Crippen LogP contribution in [0.4, 0.5) is 9.59 Å². The molecule has 126 valence electrons. The van der Waals surface area contributed by atoms with Gasteiger partial charge in [-0.05, 0) is 27.7 Å². The Bertz CT molecular complexity index is 429. The van der Waals surface area contributed by atoms with Crippen molar-refractivity contribution in [2.75, 3.05) is 39.3 Å². The summed E-state index contributed by atoms with van der Waals surface area (Å²) in [7, 11) is 0. The Morgan fingerprint density at radius 1 is 1.14 bits per heavy atom. The van der Waals surface area contributed by atoms with E-state index in [9.17, 15) is 9.59 Å². The summed E-state index contributed by atoms with van der Waals surface area (Å²) in [5, 5.41) is 9.02. The number of ether oxygens (including phenoxy) is 1. The van der Waals surface area contributed by atoms with E-state index >= 15 is 0 Å². The number of hydrogen-bond donors (Lipinski definition) is 1. The summed E-state index contributed by atoms with van der Waals surface area (Å²) in [4.78, 5) is 28.4. The van der Waals surface area contributed by atoms with E-state index < -0.39 is 11.7 Å². The summed E-state index contributed by atoms with van der Waals surface area (Å²) in [5.41, 5.74) is -0.455. The van der Waals surface area contributed by atoms with Gasteiger partial charge in [-0.2, -0.15) is 0 Å². The Labute approximate surface area is 131 Å². The van der Waals surface area contributed by atoms with E-state index in [0.29, 0.717) is 19.0 Å². The van der Waals surface area contributed by atoms with Gasteiger partial charge in [-0.25, -0.2) is 9.59 Å². The molecule has 2 saturated heterocycles. The van der Waals surface area contributed by atoms with Crippen LogP contribution in [0.15, 0.2) is 0 Å². The van der Waals surface area contributed by atoms with Crippen LogP contribution in [-0.4, -0.2) is 82.9 Å². The zero-order valence-corrected chi connectivity index (χ0v) is 13.9. The van der Waals surface area contributed by atoms with Crippen LogP contribution in [0.3, 0.4) is 0 Å². The highest BCUT2D eigenvalue weighted by atomic mass is 16.6. The van der Waals surface area contributed by atoms with Gasteiger partial charge in [0.2, 0.25) is 0 Å². The fourth-order valence-corrected chi connectivity index (χ4v) is 2.93. The minimum Gasteiger partial charge on any atom is -0.465 e. The van der Waals surface area contributed by atoms with E-state index in [2.05, 4.69) is 11.8 Å². The molecule has 0 aromatic heterocycles. The third-order valence-electron chi connectivity index (χ3n) is 4.14. The highest BCUT2D eigenvalue weighted by Crippen LogP contribution is 2.22. The van der Waals surface area contributed by atoms with Crippen molar-refractivity contribution in [1.82, 2.24) is 14.7 Å². The monoisotopic (exact) mass is 313 g/mol. The maximum atomic E-state index is 11.9. The van der Waals surface area contributed by atoms with Crippen molar-refractivity contribution in [3.63, 3.8) is 0 Å². The van der Waals surface area contributed by atoms with Gasteiger partial charge in [0.1, 0.15) is 5.60 Å². The average Bonchev–Trinajstić information content (AvgIpc) is 2.31. The Morgan fingerprint density at radius 2 is 1.77 bits per heavy atom. The van der Waals surface area contributed by atoms with Crippen LogP contribution >= 0.6 is 0 Å². The number of carboxylic acid groups (broad SMARTS) is 1. The molecule has 0 unspecified atom stereocenters. The van der Waals surface area contributed by atoms with Crippen LogP contribution < -0.4 is 0 Å². The van der Waals surface area contributed by atoms with Crippen LogP contribution in [-0.2, 0) is 4.74 Å². The Hall–Kier alpha value is -1.50. The second-order valence-corrected chi connectivity index (χ2v) is 7.32. The van der Waals surface area contributed by atoms with Gasteiger partial charge in [-0.15, -0.1) is 0 Å². The van der Waals surface area contributed by atoms with Crippen LogP contribution in [0.2, 0.25) is 0 Å². The number of hydrogen-bond acceptors (Lipinski definition) is 4. The third kappa shape index (κ3) is 4.25. The molecule has 7 heteroatoms. The average molecular weight is 313 g/mol. The fraction of sp³-hybridized carbons (Fsp3) is 0.867. The molecule has 2 heterocycles. The molecule has 1 atom stereocenters. The molecule has 0 bridgehead atoms. The lowest BCUT2D eigenvalue weighted by Crippen LogP contribution is -2.59. The second-order valence-electron chi connectivity index (χ2n) is 7.32. The van der Waals surface area contributed by atoms with Crippen LogP contribution in [0.1, 0.15) is 27.7 Å². The first-order valence-electron chi connectivity index (χ1n) is 7.85. The molecule has 0 aliphatic carbocycles. The first-order chi connectivity index (χ1) is 10.2. The van der Waals surface area contributed by atoms with Gasteiger partial charge < -0.3 is 19.6 Å². The molecule has 0 radical (unpaired) electrons. The normalized spacial score (nSPS) is 24.1. The standard InChI is InChI=1S/C15H27N3O4/c1-11-7-17(13(19)20)6-5-16(11)8-12-9-18(10-12)14(21)22-15(2,3)4/h11-12H,5-10H2,1-4H3,(H,19,20)/t11-/m0/s1. The highest BCUT2D eigenvalue weighted by Gasteiger charge is 2.36. The lowest BCUT2D eigenvalue weighted by atomic mass is 9.98. The summed E-state index contributed by atoms with van der Waals surface area (Å²) < 4.78 is 5.34. The minimum absolute atomic E-state index is 0.223. The van der Waals surface area contributed by atoms with Crippen molar-refractivity contribution in [3.8, 4) is 0 Å². The number of piperazine rings is 1. The molecule has 1 N–H and O–H groups in total. The van der Waals surface area contributed by atoms with E-state index in [1.54, 1.807) is 4.90 Å². The van der Waals surface area contributed by atoms with Crippen LogP contribution in [0.25, 0.3) is 0 Å². The third-order valence-corrected chi connectivity index (χ3v) is 4.14. The molecule has 0 saturated carbocycles. The molecule has 2 amide bonds. The highest BCUT2D eigenvalue weighted by molar-refractivity contribution is 5.69. The number of amides is 2. The van der Waals surface area contributed by atoms with E-state index in [1.165, 1.54) is 4.90 Å². The molecule has 2 aliphatic rings. The minimum atomic E-state index is -0.841. The number of rotatable bonds is 2. The lowest BCUT2D eigenvalue weighted by molar-refractivity contribution is -0.0135. The van der Waals surface area contributed by atoms with Crippen molar-refractivity contribution in [3.05, 3.63) is 0 Å². The van der Waals surface area contributed by atoms with Gasteiger partial charge in [-0.1, -0.05) is 0 Å². The molecular weight excluding hydrogens is 286 g/mol. The zero-order valence-electron chi connectivity index (χ0n) is 13.9. The van der Waals surface area contributed by atoms with Gasteiger partial charge in [0.05, 0.1) is 0 Å². The quantitative estimate of drug-likeness (QED) is 0.837. The van der Waals surface area contributed by atoms with Crippen molar-refractivity contribution in [2.24, 2.45) is 5.92 Å². The van der Waals surface area contributed by atoms with Crippen molar-refractivity contribution in [1.29, 1.82) is 0 Å². The van der Waals surface area contributed by atoms with E-state index in [0.717, 1.165) is 26.2 Å². The Balaban J connectivity index is 1.72. The van der Waals surface area contributed by atoms with Crippen molar-refractivity contribution < 1.29 is 19.4 Å². The molecular formula is C15H27N3O4. The van der Waals surface area contributed by atoms with Gasteiger partial charge >= 0.3 is 12.2 Å². The van der Waals surface area contributed by atoms with Gasteiger partial charge in [-0.3, -0.25) is 4.90 Å². The summed E-state index contributed by atoms with van der Waals surface area (Å²) in [6.07, 6.45) is -1.08. The van der Waals surface area contributed by atoms with E-state index in [1.807, 2.05) is 20.8 Å². The largest absolute Gasteiger partial charge is 0.465 e. The molecule has 0 aromatic rings. The lowest BCUT2D eigenvalue weighted by Gasteiger charge is -2.45. The van der Waals surface area contributed by atoms with Gasteiger partial charge in [0.15, 0.2) is 0 Å². The maximum Gasteiger partial charge on any atom is 0.410 e. The molecule has 0 aromatic carbocycles. The number of nitrogens with zero attached hydrogens (tertiary/aromatic N) is 3.